The number of urea groups is 1. The minimum Gasteiger partial charge on any atom is -0.351 e. The van der Waals surface area contributed by atoms with E-state index >= 15 is 0 Å². The molecule has 15 heavy (non-hydrogen) atoms. The molecule has 0 bridgehead atoms. The van der Waals surface area contributed by atoms with Gasteiger partial charge in [0.1, 0.15) is 0 Å². The monoisotopic (exact) mass is 212 g/mol. The van der Waals surface area contributed by atoms with Gasteiger partial charge in [0.2, 0.25) is 0 Å². The molecule has 1 heterocycles. The van der Waals surface area contributed by atoms with Crippen LogP contribution in [0.4, 0.5) is 4.79 Å². The highest BCUT2D eigenvalue weighted by Crippen LogP contribution is 2.44. The zero-order valence-electron chi connectivity index (χ0n) is 10.4. The minimum absolute atomic E-state index is 0.267. The minimum atomic E-state index is -0.267. The molecule has 0 aromatic carbocycles. The van der Waals surface area contributed by atoms with Crippen LogP contribution in [-0.4, -0.2) is 24.0 Å². The van der Waals surface area contributed by atoms with Gasteiger partial charge < -0.3 is 10.6 Å². The summed E-state index contributed by atoms with van der Waals surface area (Å²) in [6, 6.07) is -0.267. The smallest absolute Gasteiger partial charge is 0.314 e. The number of likely N-dealkylation sites (tertiary alicyclic amines) is 1. The molecule has 2 amide bonds. The first kappa shape index (κ1) is 12.3. The summed E-state index contributed by atoms with van der Waals surface area (Å²) in [5.74, 6) is 1.35. The summed E-state index contributed by atoms with van der Waals surface area (Å²) in [5, 5.41) is 0. The molecule has 0 aliphatic carbocycles. The Balaban J connectivity index is 2.70. The molecule has 0 atom stereocenters. The van der Waals surface area contributed by atoms with Gasteiger partial charge in [-0.3, -0.25) is 0 Å². The summed E-state index contributed by atoms with van der Waals surface area (Å²) < 4.78 is 0. The van der Waals surface area contributed by atoms with Crippen molar-refractivity contribution in [2.75, 3.05) is 13.1 Å². The van der Waals surface area contributed by atoms with Crippen molar-refractivity contribution < 1.29 is 4.79 Å². The zero-order chi connectivity index (χ0) is 11.6. The third-order valence-corrected chi connectivity index (χ3v) is 4.31. The van der Waals surface area contributed by atoms with Gasteiger partial charge in [-0.2, -0.15) is 0 Å². The Hall–Kier alpha value is -0.730. The Labute approximate surface area is 93.0 Å². The highest BCUT2D eigenvalue weighted by Gasteiger charge is 2.40. The standard InChI is InChI=1S/C12H24N2O/c1-9(2)12(10(3)4)5-7-14(8-6-12)11(13)15/h9-10H,5-8H2,1-4H3,(H2,13,15). The number of piperidine rings is 1. The summed E-state index contributed by atoms with van der Waals surface area (Å²) >= 11 is 0. The van der Waals surface area contributed by atoms with Crippen molar-refractivity contribution in [2.45, 2.75) is 40.5 Å². The van der Waals surface area contributed by atoms with Crippen LogP contribution in [-0.2, 0) is 0 Å². The van der Waals surface area contributed by atoms with E-state index in [1.807, 2.05) is 0 Å². The van der Waals surface area contributed by atoms with Crippen molar-refractivity contribution in [3.8, 4) is 0 Å². The van der Waals surface area contributed by atoms with Gasteiger partial charge in [0.05, 0.1) is 0 Å². The fraction of sp³-hybridized carbons (Fsp3) is 0.917. The molecule has 0 spiro atoms. The lowest BCUT2D eigenvalue weighted by atomic mass is 9.63. The van der Waals surface area contributed by atoms with Crippen molar-refractivity contribution in [1.29, 1.82) is 0 Å². The molecule has 0 aromatic heterocycles. The van der Waals surface area contributed by atoms with Gasteiger partial charge in [0.25, 0.3) is 0 Å². The molecule has 1 saturated heterocycles. The van der Waals surface area contributed by atoms with Crippen LogP contribution in [0.5, 0.6) is 0 Å². The van der Waals surface area contributed by atoms with Crippen LogP contribution < -0.4 is 5.73 Å². The van der Waals surface area contributed by atoms with Gasteiger partial charge in [-0.1, -0.05) is 27.7 Å². The number of carbonyl (C=O) groups excluding carboxylic acids is 1. The quantitative estimate of drug-likeness (QED) is 0.751. The van der Waals surface area contributed by atoms with E-state index < -0.39 is 0 Å². The first-order valence-electron chi connectivity index (χ1n) is 5.94. The molecule has 0 saturated carbocycles. The van der Waals surface area contributed by atoms with Gasteiger partial charge in [-0.25, -0.2) is 4.79 Å². The second kappa shape index (κ2) is 4.42. The van der Waals surface area contributed by atoms with Crippen LogP contribution in [0.2, 0.25) is 0 Å². The number of amides is 2. The SMILES string of the molecule is CC(C)C1(C(C)C)CCN(C(N)=O)CC1. The Morgan fingerprint density at radius 2 is 1.53 bits per heavy atom. The normalized spacial score (nSPS) is 21.1. The van der Waals surface area contributed by atoms with Crippen LogP contribution in [0.15, 0.2) is 0 Å². The fourth-order valence-electron chi connectivity index (χ4n) is 2.96. The third kappa shape index (κ3) is 2.27. The molecule has 1 aliphatic heterocycles. The van der Waals surface area contributed by atoms with Gasteiger partial charge in [-0.05, 0) is 30.1 Å². The fourth-order valence-corrected chi connectivity index (χ4v) is 2.96. The molecule has 0 unspecified atom stereocenters. The number of rotatable bonds is 2. The van der Waals surface area contributed by atoms with Gasteiger partial charge in [0.15, 0.2) is 0 Å². The van der Waals surface area contributed by atoms with Crippen LogP contribution >= 0.6 is 0 Å². The van der Waals surface area contributed by atoms with Gasteiger partial charge in [-0.15, -0.1) is 0 Å². The first-order valence-corrected chi connectivity index (χ1v) is 5.94. The van der Waals surface area contributed by atoms with Gasteiger partial charge in [0, 0.05) is 13.1 Å². The summed E-state index contributed by atoms with van der Waals surface area (Å²) in [6.45, 7) is 10.8. The molecular formula is C12H24N2O. The Morgan fingerprint density at radius 3 is 1.80 bits per heavy atom. The predicted molar refractivity (Wildman–Crippen MR) is 62.5 cm³/mol. The van der Waals surface area contributed by atoms with Crippen LogP contribution in [0.25, 0.3) is 0 Å². The molecule has 2 N–H and O–H groups in total. The topological polar surface area (TPSA) is 46.3 Å². The van der Waals surface area contributed by atoms with E-state index in [0.717, 1.165) is 25.9 Å². The van der Waals surface area contributed by atoms with Crippen molar-refractivity contribution in [3.05, 3.63) is 0 Å². The number of nitrogens with zero attached hydrogens (tertiary/aromatic N) is 1. The van der Waals surface area contributed by atoms with Crippen LogP contribution in [0.1, 0.15) is 40.5 Å². The number of hydrogen-bond donors (Lipinski definition) is 1. The average molecular weight is 212 g/mol. The van der Waals surface area contributed by atoms with E-state index in [0.29, 0.717) is 17.3 Å². The maximum atomic E-state index is 11.1. The van der Waals surface area contributed by atoms with E-state index in [9.17, 15) is 4.79 Å². The molecule has 1 rings (SSSR count). The average Bonchev–Trinajstić information content (AvgIpc) is 2.17. The van der Waals surface area contributed by atoms with Crippen LogP contribution in [0.3, 0.4) is 0 Å². The zero-order valence-corrected chi connectivity index (χ0v) is 10.4. The van der Waals surface area contributed by atoms with Crippen molar-refractivity contribution >= 4 is 6.03 Å². The second-order valence-electron chi connectivity index (χ2n) is 5.37. The van der Waals surface area contributed by atoms with Crippen molar-refractivity contribution in [1.82, 2.24) is 4.90 Å². The van der Waals surface area contributed by atoms with Crippen LogP contribution in [0, 0.1) is 17.3 Å². The number of hydrogen-bond acceptors (Lipinski definition) is 1. The maximum Gasteiger partial charge on any atom is 0.314 e. The summed E-state index contributed by atoms with van der Waals surface area (Å²) in [7, 11) is 0. The number of nitrogens with two attached hydrogens (primary N) is 1. The van der Waals surface area contributed by atoms with Crippen molar-refractivity contribution in [3.63, 3.8) is 0 Å². The molecule has 1 fully saturated rings. The van der Waals surface area contributed by atoms with E-state index in [2.05, 4.69) is 27.7 Å². The lowest BCUT2D eigenvalue weighted by molar-refractivity contribution is 0.0328. The highest BCUT2D eigenvalue weighted by molar-refractivity contribution is 5.72. The van der Waals surface area contributed by atoms with Crippen molar-refractivity contribution in [2.24, 2.45) is 23.0 Å². The molecule has 0 aromatic rings. The highest BCUT2D eigenvalue weighted by atomic mass is 16.2. The number of primary amides is 1. The molecular weight excluding hydrogens is 188 g/mol. The largest absolute Gasteiger partial charge is 0.351 e. The van der Waals surface area contributed by atoms with E-state index in [-0.39, 0.29) is 6.03 Å². The summed E-state index contributed by atoms with van der Waals surface area (Å²) in [4.78, 5) is 12.8. The van der Waals surface area contributed by atoms with Gasteiger partial charge >= 0.3 is 6.03 Å². The Morgan fingerprint density at radius 1 is 1.13 bits per heavy atom. The molecule has 3 nitrogen and oxygen atoms in total. The molecule has 1 aliphatic rings. The first-order chi connectivity index (χ1) is 6.90. The van der Waals surface area contributed by atoms with E-state index in [1.54, 1.807) is 4.90 Å². The Bertz CT molecular complexity index is 218. The Kier molecular flexibility index (Phi) is 3.63. The van der Waals surface area contributed by atoms with E-state index in [1.165, 1.54) is 0 Å². The van der Waals surface area contributed by atoms with E-state index in [4.69, 9.17) is 5.73 Å². The molecule has 0 radical (unpaired) electrons. The lowest BCUT2D eigenvalue weighted by Crippen LogP contribution is -2.49. The summed E-state index contributed by atoms with van der Waals surface area (Å²) in [6.07, 6.45) is 2.18. The lowest BCUT2D eigenvalue weighted by Gasteiger charge is -2.47. The third-order valence-electron chi connectivity index (χ3n) is 4.31. The molecule has 3 heteroatoms. The number of carbonyl (C=O) groups is 1. The summed E-state index contributed by atoms with van der Waals surface area (Å²) in [5.41, 5.74) is 5.69. The maximum absolute atomic E-state index is 11.1. The molecule has 88 valence electrons. The second-order valence-corrected chi connectivity index (χ2v) is 5.37. The predicted octanol–water partition coefficient (Wildman–Crippen LogP) is 2.46.